The fourth-order valence-electron chi connectivity index (χ4n) is 3.66. The van der Waals surface area contributed by atoms with E-state index < -0.39 is 0 Å². The van der Waals surface area contributed by atoms with Crippen molar-refractivity contribution >= 4 is 5.91 Å². The van der Waals surface area contributed by atoms with Crippen molar-refractivity contribution in [2.75, 3.05) is 6.54 Å². The molecule has 24 heavy (non-hydrogen) atoms. The van der Waals surface area contributed by atoms with Gasteiger partial charge in [0.15, 0.2) is 5.82 Å². The van der Waals surface area contributed by atoms with Gasteiger partial charge in [-0.05, 0) is 46.5 Å². The molecule has 1 aliphatic heterocycles. The first-order valence-corrected chi connectivity index (χ1v) is 8.63. The largest absolute Gasteiger partial charge is 0.361 e. The van der Waals surface area contributed by atoms with E-state index in [1.165, 1.54) is 0 Å². The van der Waals surface area contributed by atoms with Gasteiger partial charge < -0.3 is 13.9 Å². The number of aryl methyl sites for hydroxylation is 2. The van der Waals surface area contributed by atoms with Gasteiger partial charge in [-0.1, -0.05) is 10.3 Å². The number of carbonyl (C=O) groups excluding carboxylic acids is 1. The van der Waals surface area contributed by atoms with Gasteiger partial charge in [0.05, 0.1) is 17.7 Å². The zero-order chi connectivity index (χ0) is 16.8. The third-order valence-electron chi connectivity index (χ3n) is 5.11. The normalized spacial score (nSPS) is 22.1. The summed E-state index contributed by atoms with van der Waals surface area (Å²) in [5.74, 6) is 2.30. The van der Waals surface area contributed by atoms with Gasteiger partial charge in [0, 0.05) is 18.0 Å². The molecule has 0 spiro atoms. The van der Waals surface area contributed by atoms with E-state index in [0.29, 0.717) is 17.5 Å². The molecule has 4 rings (SSSR count). The minimum absolute atomic E-state index is 0.0738. The first kappa shape index (κ1) is 15.4. The predicted octanol–water partition coefficient (Wildman–Crippen LogP) is 3.02. The second kappa shape index (κ2) is 5.72. The fraction of sp³-hybridized carbons (Fsp3) is 0.647. The van der Waals surface area contributed by atoms with Gasteiger partial charge in [-0.25, -0.2) is 0 Å². The molecule has 7 heteroatoms. The van der Waals surface area contributed by atoms with Crippen molar-refractivity contribution in [2.24, 2.45) is 0 Å². The number of amides is 1. The average Bonchev–Trinajstić information content (AvgIpc) is 2.99. The van der Waals surface area contributed by atoms with Crippen LogP contribution in [0.3, 0.4) is 0 Å². The maximum absolute atomic E-state index is 13.1. The molecule has 2 aliphatic rings. The quantitative estimate of drug-likeness (QED) is 0.856. The standard InChI is InChI=1S/C17H22N4O3/c1-9(14-10(2)19-23-11(14)3)17(22)21-8-4-5-13(21)15-18-16(24-20-15)12-6-7-12/h9,12-13H,4-8H2,1-3H3/t9-,13-/m1/s1. The van der Waals surface area contributed by atoms with E-state index in [0.717, 1.165) is 49.4 Å². The summed E-state index contributed by atoms with van der Waals surface area (Å²) in [6.45, 7) is 6.36. The van der Waals surface area contributed by atoms with Crippen LogP contribution in [-0.4, -0.2) is 32.6 Å². The summed E-state index contributed by atoms with van der Waals surface area (Å²) in [7, 11) is 0. The molecule has 7 nitrogen and oxygen atoms in total. The summed E-state index contributed by atoms with van der Waals surface area (Å²) in [5, 5.41) is 8.11. The van der Waals surface area contributed by atoms with E-state index in [-0.39, 0.29) is 17.9 Å². The highest BCUT2D eigenvalue weighted by atomic mass is 16.5. The van der Waals surface area contributed by atoms with Gasteiger partial charge in [0.1, 0.15) is 5.76 Å². The Morgan fingerprint density at radius 1 is 1.21 bits per heavy atom. The number of likely N-dealkylation sites (tertiary alicyclic amines) is 1. The summed E-state index contributed by atoms with van der Waals surface area (Å²) < 4.78 is 10.6. The summed E-state index contributed by atoms with van der Waals surface area (Å²) >= 11 is 0. The highest BCUT2D eigenvalue weighted by Gasteiger charge is 2.38. The molecule has 0 radical (unpaired) electrons. The Labute approximate surface area is 140 Å². The Balaban J connectivity index is 1.56. The summed E-state index contributed by atoms with van der Waals surface area (Å²) in [6, 6.07) is -0.0864. The SMILES string of the molecule is Cc1noc(C)c1[C@@H](C)C(=O)N1CCC[C@@H]1c1noc(C2CC2)n1. The van der Waals surface area contributed by atoms with Crippen LogP contribution in [-0.2, 0) is 4.79 Å². The van der Waals surface area contributed by atoms with E-state index in [4.69, 9.17) is 9.05 Å². The van der Waals surface area contributed by atoms with E-state index in [1.807, 2.05) is 25.7 Å². The molecule has 1 saturated heterocycles. The topological polar surface area (TPSA) is 85.3 Å². The number of carbonyl (C=O) groups is 1. The van der Waals surface area contributed by atoms with Crippen molar-refractivity contribution in [3.63, 3.8) is 0 Å². The van der Waals surface area contributed by atoms with Crippen molar-refractivity contribution in [3.05, 3.63) is 28.7 Å². The Morgan fingerprint density at radius 2 is 2.00 bits per heavy atom. The Hall–Kier alpha value is -2.18. The molecule has 1 saturated carbocycles. The molecule has 1 amide bonds. The second-order valence-electron chi connectivity index (χ2n) is 6.91. The number of hydrogen-bond acceptors (Lipinski definition) is 6. The predicted molar refractivity (Wildman–Crippen MR) is 84.4 cm³/mol. The number of aromatic nitrogens is 3. The van der Waals surface area contributed by atoms with Crippen LogP contribution in [0.2, 0.25) is 0 Å². The van der Waals surface area contributed by atoms with Gasteiger partial charge in [-0.3, -0.25) is 4.79 Å². The average molecular weight is 330 g/mol. The molecular formula is C17H22N4O3. The minimum atomic E-state index is -0.286. The molecule has 2 aromatic rings. The molecule has 1 aliphatic carbocycles. The third kappa shape index (κ3) is 2.52. The Morgan fingerprint density at radius 3 is 2.67 bits per heavy atom. The molecule has 2 aromatic heterocycles. The van der Waals surface area contributed by atoms with Crippen molar-refractivity contribution in [1.29, 1.82) is 0 Å². The lowest BCUT2D eigenvalue weighted by Crippen LogP contribution is -2.34. The van der Waals surface area contributed by atoms with Gasteiger partial charge in [0.2, 0.25) is 11.8 Å². The van der Waals surface area contributed by atoms with Gasteiger partial charge in [0.25, 0.3) is 0 Å². The van der Waals surface area contributed by atoms with Gasteiger partial charge in [-0.15, -0.1) is 0 Å². The molecule has 0 N–H and O–H groups in total. The molecule has 0 aromatic carbocycles. The Bertz CT molecular complexity index is 742. The van der Waals surface area contributed by atoms with Crippen LogP contribution < -0.4 is 0 Å². The van der Waals surface area contributed by atoms with Crippen LogP contribution in [0.15, 0.2) is 9.05 Å². The zero-order valence-corrected chi connectivity index (χ0v) is 14.3. The molecule has 2 fully saturated rings. The number of nitrogens with zero attached hydrogens (tertiary/aromatic N) is 4. The van der Waals surface area contributed by atoms with Crippen LogP contribution in [0.4, 0.5) is 0 Å². The van der Waals surface area contributed by atoms with Crippen molar-refractivity contribution < 1.29 is 13.8 Å². The highest BCUT2D eigenvalue weighted by Crippen LogP contribution is 2.40. The lowest BCUT2D eigenvalue weighted by molar-refractivity contribution is -0.133. The summed E-state index contributed by atoms with van der Waals surface area (Å²) in [4.78, 5) is 19.5. The smallest absolute Gasteiger partial charge is 0.230 e. The highest BCUT2D eigenvalue weighted by molar-refractivity contribution is 5.84. The number of hydrogen-bond donors (Lipinski definition) is 0. The molecule has 3 heterocycles. The van der Waals surface area contributed by atoms with Crippen LogP contribution in [0, 0.1) is 13.8 Å². The maximum atomic E-state index is 13.1. The van der Waals surface area contributed by atoms with Crippen LogP contribution in [0.5, 0.6) is 0 Å². The van der Waals surface area contributed by atoms with E-state index in [1.54, 1.807) is 0 Å². The third-order valence-corrected chi connectivity index (χ3v) is 5.11. The van der Waals surface area contributed by atoms with E-state index in [2.05, 4.69) is 15.3 Å². The lowest BCUT2D eigenvalue weighted by atomic mass is 9.97. The summed E-state index contributed by atoms with van der Waals surface area (Å²) in [5.41, 5.74) is 1.66. The van der Waals surface area contributed by atoms with E-state index in [9.17, 15) is 4.79 Å². The van der Waals surface area contributed by atoms with Crippen LogP contribution in [0.1, 0.15) is 79.2 Å². The van der Waals surface area contributed by atoms with Gasteiger partial charge >= 0.3 is 0 Å². The van der Waals surface area contributed by atoms with Crippen LogP contribution >= 0.6 is 0 Å². The second-order valence-corrected chi connectivity index (χ2v) is 6.91. The number of rotatable bonds is 4. The monoisotopic (exact) mass is 330 g/mol. The van der Waals surface area contributed by atoms with E-state index >= 15 is 0 Å². The Kier molecular flexibility index (Phi) is 3.66. The fourth-order valence-corrected chi connectivity index (χ4v) is 3.66. The molecule has 128 valence electrons. The van der Waals surface area contributed by atoms with Gasteiger partial charge in [-0.2, -0.15) is 4.98 Å². The molecule has 2 atom stereocenters. The molecular weight excluding hydrogens is 308 g/mol. The maximum Gasteiger partial charge on any atom is 0.230 e. The van der Waals surface area contributed by atoms with Crippen molar-refractivity contribution in [3.8, 4) is 0 Å². The zero-order valence-electron chi connectivity index (χ0n) is 14.3. The first-order valence-electron chi connectivity index (χ1n) is 8.63. The molecule has 0 bridgehead atoms. The first-order chi connectivity index (χ1) is 11.6. The minimum Gasteiger partial charge on any atom is -0.361 e. The van der Waals surface area contributed by atoms with Crippen molar-refractivity contribution in [1.82, 2.24) is 20.2 Å². The van der Waals surface area contributed by atoms with Crippen LogP contribution in [0.25, 0.3) is 0 Å². The molecule has 0 unspecified atom stereocenters. The summed E-state index contributed by atoms with van der Waals surface area (Å²) in [6.07, 6.45) is 4.08. The lowest BCUT2D eigenvalue weighted by Gasteiger charge is -2.25. The van der Waals surface area contributed by atoms with Crippen molar-refractivity contribution in [2.45, 2.75) is 64.3 Å².